The van der Waals surface area contributed by atoms with Gasteiger partial charge in [0.2, 0.25) is 5.91 Å². The number of carbonyl (C=O) groups is 1. The Kier molecular flexibility index (Phi) is 4.10. The predicted molar refractivity (Wildman–Crippen MR) is 98.8 cm³/mol. The molecule has 2 aromatic heterocycles. The first-order valence-corrected chi connectivity index (χ1v) is 8.18. The fraction of sp³-hybridized carbons (Fsp3) is 0.105. The number of pyridine rings is 1. The Morgan fingerprint density at radius 2 is 1.81 bits per heavy atom. The number of nitrogens with zero attached hydrogens (tertiary/aromatic N) is 4. The zero-order chi connectivity index (χ0) is 17.9. The number of anilines is 1. The minimum atomic E-state index is -0.254. The van der Waals surface area contributed by atoms with Gasteiger partial charge in [0.1, 0.15) is 5.52 Å². The smallest absolute Gasteiger partial charge is 0.277 e. The van der Waals surface area contributed by atoms with Crippen LogP contribution < -0.4 is 10.9 Å². The number of aryl methyl sites for hydroxylation is 1. The SMILES string of the molecule is O=C(CCn1nnc2ccccc2c1=O)Nc1cnc2ccccc2c1. The van der Waals surface area contributed by atoms with Crippen LogP contribution in [0.2, 0.25) is 0 Å². The molecule has 0 spiro atoms. The highest BCUT2D eigenvalue weighted by Gasteiger charge is 2.08. The van der Waals surface area contributed by atoms with Gasteiger partial charge in [-0.1, -0.05) is 35.5 Å². The number of rotatable bonds is 4. The molecule has 4 rings (SSSR count). The maximum Gasteiger partial charge on any atom is 0.277 e. The summed E-state index contributed by atoms with van der Waals surface area (Å²) in [4.78, 5) is 28.9. The third-order valence-electron chi connectivity index (χ3n) is 4.05. The van der Waals surface area contributed by atoms with Gasteiger partial charge in [-0.05, 0) is 24.3 Å². The maximum absolute atomic E-state index is 12.4. The molecule has 7 heteroatoms. The number of hydrogen-bond acceptors (Lipinski definition) is 5. The molecule has 0 aliphatic carbocycles. The van der Waals surface area contributed by atoms with E-state index in [0.717, 1.165) is 10.9 Å². The van der Waals surface area contributed by atoms with Gasteiger partial charge in [-0.15, -0.1) is 5.10 Å². The molecule has 1 amide bonds. The molecule has 26 heavy (non-hydrogen) atoms. The molecular formula is C19H15N5O2. The molecule has 1 N–H and O–H groups in total. The molecule has 0 atom stereocenters. The fourth-order valence-corrected chi connectivity index (χ4v) is 2.74. The molecule has 128 valence electrons. The van der Waals surface area contributed by atoms with Gasteiger partial charge in [-0.25, -0.2) is 4.68 Å². The predicted octanol–water partition coefficient (Wildman–Crippen LogP) is 2.37. The summed E-state index contributed by atoms with van der Waals surface area (Å²) in [5, 5.41) is 12.1. The molecule has 0 saturated carbocycles. The number of benzene rings is 2. The van der Waals surface area contributed by atoms with E-state index in [1.54, 1.807) is 30.5 Å². The van der Waals surface area contributed by atoms with Crippen LogP contribution in [0, 0.1) is 0 Å². The van der Waals surface area contributed by atoms with E-state index in [0.29, 0.717) is 16.6 Å². The normalized spacial score (nSPS) is 10.9. The molecule has 0 radical (unpaired) electrons. The van der Waals surface area contributed by atoms with Crippen LogP contribution in [0.15, 0.2) is 65.6 Å². The zero-order valence-corrected chi connectivity index (χ0v) is 13.8. The van der Waals surface area contributed by atoms with Crippen molar-refractivity contribution in [2.24, 2.45) is 0 Å². The topological polar surface area (TPSA) is 89.8 Å². The number of aromatic nitrogens is 4. The van der Waals surface area contributed by atoms with Crippen molar-refractivity contribution in [3.63, 3.8) is 0 Å². The van der Waals surface area contributed by atoms with Crippen molar-refractivity contribution in [2.45, 2.75) is 13.0 Å². The molecule has 0 fully saturated rings. The summed E-state index contributed by atoms with van der Waals surface area (Å²) in [6.45, 7) is 0.156. The lowest BCUT2D eigenvalue weighted by Crippen LogP contribution is -2.26. The molecule has 4 aromatic rings. The Balaban J connectivity index is 1.46. The maximum atomic E-state index is 12.4. The highest BCUT2D eigenvalue weighted by Crippen LogP contribution is 2.16. The molecule has 0 aliphatic rings. The first-order chi connectivity index (χ1) is 12.7. The van der Waals surface area contributed by atoms with Gasteiger partial charge < -0.3 is 5.32 Å². The standard InChI is InChI=1S/C19H15N5O2/c25-18(21-14-11-13-5-1-3-7-16(13)20-12-14)9-10-24-19(26)15-6-2-4-8-17(15)22-23-24/h1-8,11-12H,9-10H2,(H,21,25). The van der Waals surface area contributed by atoms with Crippen molar-refractivity contribution in [1.82, 2.24) is 20.0 Å². The number of nitrogens with one attached hydrogen (secondary N) is 1. The largest absolute Gasteiger partial charge is 0.325 e. The second-order valence-electron chi connectivity index (χ2n) is 5.85. The number of fused-ring (bicyclic) bond motifs is 2. The molecule has 2 heterocycles. The molecule has 0 saturated heterocycles. The van der Waals surface area contributed by atoms with E-state index in [1.165, 1.54) is 4.68 Å². The van der Waals surface area contributed by atoms with Gasteiger partial charge in [0, 0.05) is 11.8 Å². The number of hydrogen-bond donors (Lipinski definition) is 1. The van der Waals surface area contributed by atoms with E-state index in [-0.39, 0.29) is 24.4 Å². The second kappa shape index (κ2) is 6.72. The third kappa shape index (κ3) is 3.14. The Bertz CT molecular complexity index is 1170. The number of para-hydroxylation sites is 1. The summed E-state index contributed by atoms with van der Waals surface area (Å²) >= 11 is 0. The third-order valence-corrected chi connectivity index (χ3v) is 4.05. The molecule has 2 aromatic carbocycles. The molecule has 0 aliphatic heterocycles. The van der Waals surface area contributed by atoms with Crippen LogP contribution in [0.1, 0.15) is 6.42 Å². The van der Waals surface area contributed by atoms with E-state index in [1.807, 2.05) is 30.3 Å². The first kappa shape index (κ1) is 15.9. The summed E-state index contributed by atoms with van der Waals surface area (Å²) in [5.41, 5.74) is 1.77. The van der Waals surface area contributed by atoms with Crippen LogP contribution in [-0.2, 0) is 11.3 Å². The highest BCUT2D eigenvalue weighted by molar-refractivity contribution is 5.93. The molecule has 7 nitrogen and oxygen atoms in total. The van der Waals surface area contributed by atoms with Crippen LogP contribution in [-0.4, -0.2) is 25.9 Å². The monoisotopic (exact) mass is 345 g/mol. The average Bonchev–Trinajstić information content (AvgIpc) is 2.67. The minimum absolute atomic E-state index is 0.111. The Labute approximate surface area is 148 Å². The highest BCUT2D eigenvalue weighted by atomic mass is 16.2. The zero-order valence-electron chi connectivity index (χ0n) is 13.8. The summed E-state index contributed by atoms with van der Waals surface area (Å²) in [7, 11) is 0. The summed E-state index contributed by atoms with van der Waals surface area (Å²) in [5.74, 6) is -0.219. The van der Waals surface area contributed by atoms with E-state index >= 15 is 0 Å². The molecule has 0 bridgehead atoms. The van der Waals surface area contributed by atoms with Crippen LogP contribution in [0.25, 0.3) is 21.8 Å². The van der Waals surface area contributed by atoms with Gasteiger partial charge in [0.25, 0.3) is 5.56 Å². The lowest BCUT2D eigenvalue weighted by Gasteiger charge is -2.07. The Hall–Kier alpha value is -3.61. The van der Waals surface area contributed by atoms with E-state index in [4.69, 9.17) is 0 Å². The Morgan fingerprint density at radius 3 is 2.69 bits per heavy atom. The average molecular weight is 345 g/mol. The summed E-state index contributed by atoms with van der Waals surface area (Å²) < 4.78 is 1.21. The van der Waals surface area contributed by atoms with Gasteiger partial charge in [0.15, 0.2) is 0 Å². The van der Waals surface area contributed by atoms with E-state index in [2.05, 4.69) is 20.6 Å². The van der Waals surface area contributed by atoms with Crippen LogP contribution in [0.4, 0.5) is 5.69 Å². The van der Waals surface area contributed by atoms with Crippen molar-refractivity contribution < 1.29 is 4.79 Å². The van der Waals surface area contributed by atoms with Crippen molar-refractivity contribution in [3.05, 3.63) is 71.1 Å². The van der Waals surface area contributed by atoms with Gasteiger partial charge in [-0.2, -0.15) is 0 Å². The number of amides is 1. The molecule has 0 unspecified atom stereocenters. The van der Waals surface area contributed by atoms with Crippen molar-refractivity contribution >= 4 is 33.4 Å². The quantitative estimate of drug-likeness (QED) is 0.613. The van der Waals surface area contributed by atoms with Gasteiger partial charge in [0.05, 0.1) is 29.3 Å². The Morgan fingerprint density at radius 1 is 1.04 bits per heavy atom. The van der Waals surface area contributed by atoms with Crippen molar-refractivity contribution in [1.29, 1.82) is 0 Å². The fourth-order valence-electron chi connectivity index (χ4n) is 2.74. The van der Waals surface area contributed by atoms with Gasteiger partial charge >= 0.3 is 0 Å². The summed E-state index contributed by atoms with van der Waals surface area (Å²) in [6, 6.07) is 16.5. The number of carbonyl (C=O) groups excluding carboxylic acids is 1. The minimum Gasteiger partial charge on any atom is -0.325 e. The van der Waals surface area contributed by atoms with E-state index < -0.39 is 0 Å². The molecular weight excluding hydrogens is 330 g/mol. The van der Waals surface area contributed by atoms with Crippen LogP contribution in [0.5, 0.6) is 0 Å². The van der Waals surface area contributed by atoms with E-state index in [9.17, 15) is 9.59 Å². The van der Waals surface area contributed by atoms with Crippen LogP contribution >= 0.6 is 0 Å². The lowest BCUT2D eigenvalue weighted by atomic mass is 10.2. The van der Waals surface area contributed by atoms with Crippen LogP contribution in [0.3, 0.4) is 0 Å². The van der Waals surface area contributed by atoms with Crippen molar-refractivity contribution in [3.8, 4) is 0 Å². The second-order valence-corrected chi connectivity index (χ2v) is 5.85. The summed E-state index contributed by atoms with van der Waals surface area (Å²) in [6.07, 6.45) is 1.72. The van der Waals surface area contributed by atoms with Gasteiger partial charge in [-0.3, -0.25) is 14.6 Å². The lowest BCUT2D eigenvalue weighted by molar-refractivity contribution is -0.116. The van der Waals surface area contributed by atoms with Crippen molar-refractivity contribution in [2.75, 3.05) is 5.32 Å². The first-order valence-electron chi connectivity index (χ1n) is 8.18.